The lowest BCUT2D eigenvalue weighted by Crippen LogP contribution is -2.47. The second-order valence-electron chi connectivity index (χ2n) is 6.63. The minimum absolute atomic E-state index is 0.687. The van der Waals surface area contributed by atoms with Crippen LogP contribution in [0.5, 0.6) is 0 Å². The Balaban J connectivity index is 1.57. The Labute approximate surface area is 129 Å². The lowest BCUT2D eigenvalue weighted by molar-refractivity contribution is 0.165. The Morgan fingerprint density at radius 1 is 1.10 bits per heavy atom. The molecule has 3 heteroatoms. The van der Waals surface area contributed by atoms with Gasteiger partial charge < -0.3 is 5.32 Å². The van der Waals surface area contributed by atoms with Crippen molar-refractivity contribution in [3.8, 4) is 0 Å². The van der Waals surface area contributed by atoms with E-state index in [4.69, 9.17) is 0 Å². The van der Waals surface area contributed by atoms with E-state index in [1.807, 2.05) is 0 Å². The first kappa shape index (κ1) is 15.0. The van der Waals surface area contributed by atoms with Crippen LogP contribution >= 0.6 is 0 Å². The van der Waals surface area contributed by atoms with Gasteiger partial charge in [-0.3, -0.25) is 9.80 Å². The molecular weight excluding hydrogens is 258 g/mol. The predicted molar refractivity (Wildman–Crippen MR) is 88.4 cm³/mol. The van der Waals surface area contributed by atoms with Crippen LogP contribution in [0.2, 0.25) is 0 Å². The maximum absolute atomic E-state index is 3.56. The lowest BCUT2D eigenvalue weighted by atomic mass is 10.1. The molecular formula is C18H29N3. The van der Waals surface area contributed by atoms with Gasteiger partial charge in [0.25, 0.3) is 0 Å². The molecule has 2 saturated heterocycles. The molecule has 0 aromatic heterocycles. The Hall–Kier alpha value is -0.900. The van der Waals surface area contributed by atoms with E-state index < -0.39 is 0 Å². The molecule has 3 nitrogen and oxygen atoms in total. The Morgan fingerprint density at radius 2 is 1.95 bits per heavy atom. The third-order valence-corrected chi connectivity index (χ3v) is 5.15. The van der Waals surface area contributed by atoms with Gasteiger partial charge in [0.1, 0.15) is 0 Å². The van der Waals surface area contributed by atoms with Gasteiger partial charge in [-0.1, -0.05) is 30.3 Å². The van der Waals surface area contributed by atoms with Crippen LogP contribution in [0.3, 0.4) is 0 Å². The maximum Gasteiger partial charge on any atom is 0.0237 e. The van der Waals surface area contributed by atoms with Gasteiger partial charge in [0.05, 0.1) is 0 Å². The minimum atomic E-state index is 0.687. The summed E-state index contributed by atoms with van der Waals surface area (Å²) in [4.78, 5) is 5.39. The number of piperidine rings is 1. The summed E-state index contributed by atoms with van der Waals surface area (Å²) in [5.41, 5.74) is 1.44. The van der Waals surface area contributed by atoms with Gasteiger partial charge in [0.15, 0.2) is 0 Å². The van der Waals surface area contributed by atoms with Gasteiger partial charge >= 0.3 is 0 Å². The highest BCUT2D eigenvalue weighted by molar-refractivity contribution is 5.14. The zero-order chi connectivity index (χ0) is 14.5. The first-order valence-corrected chi connectivity index (χ1v) is 8.55. The summed E-state index contributed by atoms with van der Waals surface area (Å²) in [6, 6.07) is 12.4. The third-order valence-electron chi connectivity index (χ3n) is 5.15. The number of hydrogen-bond donors (Lipinski definition) is 1. The van der Waals surface area contributed by atoms with Gasteiger partial charge in [-0.15, -0.1) is 0 Å². The number of nitrogens with zero attached hydrogens (tertiary/aromatic N) is 2. The van der Waals surface area contributed by atoms with Crippen molar-refractivity contribution in [3.05, 3.63) is 35.9 Å². The molecule has 3 rings (SSSR count). The van der Waals surface area contributed by atoms with Gasteiger partial charge in [0, 0.05) is 44.8 Å². The van der Waals surface area contributed by atoms with Crippen LogP contribution in [0.4, 0.5) is 0 Å². The van der Waals surface area contributed by atoms with Crippen LogP contribution < -0.4 is 5.32 Å². The number of rotatable bonds is 3. The molecule has 2 heterocycles. The van der Waals surface area contributed by atoms with Crippen molar-refractivity contribution in [2.45, 2.75) is 44.8 Å². The van der Waals surface area contributed by atoms with Crippen molar-refractivity contribution in [3.63, 3.8) is 0 Å². The molecule has 0 amide bonds. The molecule has 0 bridgehead atoms. The minimum Gasteiger partial charge on any atom is -0.315 e. The lowest BCUT2D eigenvalue weighted by Gasteiger charge is -2.33. The van der Waals surface area contributed by atoms with Crippen LogP contribution in [0.25, 0.3) is 0 Å². The van der Waals surface area contributed by atoms with E-state index in [0.717, 1.165) is 12.6 Å². The quantitative estimate of drug-likeness (QED) is 0.920. The number of hydrogen-bond acceptors (Lipinski definition) is 3. The van der Waals surface area contributed by atoms with Crippen molar-refractivity contribution in [2.24, 2.45) is 0 Å². The van der Waals surface area contributed by atoms with Crippen LogP contribution in [0.1, 0.15) is 31.7 Å². The smallest absolute Gasteiger partial charge is 0.0237 e. The van der Waals surface area contributed by atoms with E-state index in [2.05, 4.69) is 52.4 Å². The van der Waals surface area contributed by atoms with Crippen molar-refractivity contribution in [2.75, 3.05) is 32.7 Å². The monoisotopic (exact) mass is 287 g/mol. The average Bonchev–Trinajstić information content (AvgIpc) is 2.72. The molecule has 2 aliphatic rings. The molecule has 2 aliphatic heterocycles. The summed E-state index contributed by atoms with van der Waals surface area (Å²) in [5, 5.41) is 3.56. The first-order chi connectivity index (χ1) is 10.3. The molecule has 2 unspecified atom stereocenters. The highest BCUT2D eigenvalue weighted by Gasteiger charge is 2.26. The van der Waals surface area contributed by atoms with Crippen molar-refractivity contribution in [1.82, 2.24) is 15.1 Å². The van der Waals surface area contributed by atoms with Gasteiger partial charge in [0.2, 0.25) is 0 Å². The molecule has 1 aromatic carbocycles. The van der Waals surface area contributed by atoms with E-state index in [9.17, 15) is 0 Å². The molecule has 0 radical (unpaired) electrons. The fraction of sp³-hybridized carbons (Fsp3) is 0.667. The topological polar surface area (TPSA) is 18.5 Å². The van der Waals surface area contributed by atoms with Crippen LogP contribution in [-0.4, -0.2) is 54.6 Å². The summed E-state index contributed by atoms with van der Waals surface area (Å²) in [6.07, 6.45) is 4.01. The zero-order valence-electron chi connectivity index (χ0n) is 13.3. The normalized spacial score (nSPS) is 29.2. The summed E-state index contributed by atoms with van der Waals surface area (Å²) >= 11 is 0. The molecule has 116 valence electrons. The second-order valence-corrected chi connectivity index (χ2v) is 6.63. The van der Waals surface area contributed by atoms with E-state index in [0.29, 0.717) is 6.04 Å². The molecule has 2 fully saturated rings. The van der Waals surface area contributed by atoms with Crippen molar-refractivity contribution >= 4 is 0 Å². The first-order valence-electron chi connectivity index (χ1n) is 8.55. The summed E-state index contributed by atoms with van der Waals surface area (Å²) in [6.45, 7) is 9.58. The van der Waals surface area contributed by atoms with Gasteiger partial charge in [-0.05, 0) is 38.3 Å². The van der Waals surface area contributed by atoms with Crippen LogP contribution in [0, 0.1) is 0 Å². The molecule has 1 N–H and O–H groups in total. The Bertz CT molecular complexity index is 414. The van der Waals surface area contributed by atoms with Crippen LogP contribution in [0.15, 0.2) is 30.3 Å². The summed E-state index contributed by atoms with van der Waals surface area (Å²) in [7, 11) is 0. The molecule has 2 atom stereocenters. The van der Waals surface area contributed by atoms with Crippen molar-refractivity contribution in [1.29, 1.82) is 0 Å². The summed E-state index contributed by atoms with van der Waals surface area (Å²) < 4.78 is 0. The third kappa shape index (κ3) is 4.06. The van der Waals surface area contributed by atoms with E-state index in [-0.39, 0.29) is 0 Å². The fourth-order valence-electron chi connectivity index (χ4n) is 3.69. The molecule has 21 heavy (non-hydrogen) atoms. The summed E-state index contributed by atoms with van der Waals surface area (Å²) in [5.74, 6) is 0. The van der Waals surface area contributed by atoms with E-state index in [1.165, 1.54) is 57.5 Å². The number of nitrogens with one attached hydrogen (secondary N) is 1. The second kappa shape index (κ2) is 7.39. The molecule has 0 aliphatic carbocycles. The van der Waals surface area contributed by atoms with Crippen LogP contribution in [-0.2, 0) is 6.54 Å². The van der Waals surface area contributed by atoms with E-state index in [1.54, 1.807) is 0 Å². The van der Waals surface area contributed by atoms with Crippen molar-refractivity contribution < 1.29 is 0 Å². The standard InChI is InChI=1S/C18H29N3/c1-16-9-11-20(18-8-5-10-19-14-18)12-13-21(16)15-17-6-3-2-4-7-17/h2-4,6-7,16,18-19H,5,8-15H2,1H3. The largest absolute Gasteiger partial charge is 0.315 e. The Morgan fingerprint density at radius 3 is 2.71 bits per heavy atom. The Kier molecular flexibility index (Phi) is 5.28. The SMILES string of the molecule is CC1CCN(C2CCCNC2)CCN1Cc1ccccc1. The average molecular weight is 287 g/mol. The maximum atomic E-state index is 3.56. The molecule has 0 saturated carbocycles. The molecule has 1 aromatic rings. The molecule has 0 spiro atoms. The number of benzene rings is 1. The van der Waals surface area contributed by atoms with Gasteiger partial charge in [-0.2, -0.15) is 0 Å². The van der Waals surface area contributed by atoms with Gasteiger partial charge in [-0.25, -0.2) is 0 Å². The van der Waals surface area contributed by atoms with E-state index >= 15 is 0 Å². The highest BCUT2D eigenvalue weighted by Crippen LogP contribution is 2.18. The highest BCUT2D eigenvalue weighted by atomic mass is 15.3. The fourth-order valence-corrected chi connectivity index (χ4v) is 3.69. The predicted octanol–water partition coefficient (Wildman–Crippen LogP) is 2.33. The zero-order valence-corrected chi connectivity index (χ0v) is 13.3.